The predicted octanol–water partition coefficient (Wildman–Crippen LogP) is 3.82. The van der Waals surface area contributed by atoms with Crippen molar-refractivity contribution in [1.82, 2.24) is 19.7 Å². The van der Waals surface area contributed by atoms with Gasteiger partial charge in [0.15, 0.2) is 0 Å². The standard InChI is InChI=1S/C23H26N4O2/c1-17-13-21(10-11-24-17)29-16-19-7-6-12-26(15-19)23(28)22-14-25-27(18(22)2)20-8-4-3-5-9-20/h3-5,8-11,13-14,19H,6-7,12,15-16H2,1-2H3. The molecule has 4 rings (SSSR count). The van der Waals surface area contributed by atoms with Gasteiger partial charge in [0.1, 0.15) is 5.75 Å². The van der Waals surface area contributed by atoms with E-state index in [4.69, 9.17) is 4.74 Å². The summed E-state index contributed by atoms with van der Waals surface area (Å²) in [5.74, 6) is 1.21. The van der Waals surface area contributed by atoms with Gasteiger partial charge < -0.3 is 9.64 Å². The van der Waals surface area contributed by atoms with E-state index in [0.717, 1.165) is 42.2 Å². The van der Waals surface area contributed by atoms with Gasteiger partial charge in [-0.25, -0.2) is 4.68 Å². The summed E-state index contributed by atoms with van der Waals surface area (Å²) < 4.78 is 7.77. The number of aryl methyl sites for hydroxylation is 1. The number of aromatic nitrogens is 3. The van der Waals surface area contributed by atoms with Crippen LogP contribution in [0.2, 0.25) is 0 Å². The molecule has 0 radical (unpaired) electrons. The van der Waals surface area contributed by atoms with Crippen LogP contribution in [0.1, 0.15) is 34.6 Å². The number of nitrogens with zero attached hydrogens (tertiary/aromatic N) is 4. The number of hydrogen-bond acceptors (Lipinski definition) is 4. The summed E-state index contributed by atoms with van der Waals surface area (Å²) in [5, 5.41) is 4.44. The van der Waals surface area contributed by atoms with E-state index in [1.54, 1.807) is 12.4 Å². The lowest BCUT2D eigenvalue weighted by Crippen LogP contribution is -2.41. The van der Waals surface area contributed by atoms with E-state index in [2.05, 4.69) is 10.1 Å². The number of para-hydroxylation sites is 1. The highest BCUT2D eigenvalue weighted by molar-refractivity contribution is 5.95. The molecule has 0 saturated carbocycles. The summed E-state index contributed by atoms with van der Waals surface area (Å²) in [6.07, 6.45) is 5.50. The van der Waals surface area contributed by atoms with Gasteiger partial charge >= 0.3 is 0 Å². The van der Waals surface area contributed by atoms with Gasteiger partial charge in [-0.05, 0) is 44.9 Å². The maximum absolute atomic E-state index is 13.2. The summed E-state index contributed by atoms with van der Waals surface area (Å²) in [7, 11) is 0. The number of amides is 1. The largest absolute Gasteiger partial charge is 0.493 e. The molecule has 0 spiro atoms. The first-order valence-corrected chi connectivity index (χ1v) is 10.1. The van der Waals surface area contributed by atoms with Gasteiger partial charge in [-0.3, -0.25) is 9.78 Å². The van der Waals surface area contributed by atoms with E-state index in [9.17, 15) is 4.79 Å². The highest BCUT2D eigenvalue weighted by atomic mass is 16.5. The van der Waals surface area contributed by atoms with Gasteiger partial charge in [0, 0.05) is 37.0 Å². The van der Waals surface area contributed by atoms with Crippen LogP contribution in [0.25, 0.3) is 5.69 Å². The number of piperidine rings is 1. The summed E-state index contributed by atoms with van der Waals surface area (Å²) in [6, 6.07) is 13.7. The maximum atomic E-state index is 13.2. The van der Waals surface area contributed by atoms with Crippen LogP contribution < -0.4 is 4.74 Å². The van der Waals surface area contributed by atoms with E-state index >= 15 is 0 Å². The Hall–Kier alpha value is -3.15. The number of ether oxygens (including phenoxy) is 1. The molecule has 1 aromatic carbocycles. The fourth-order valence-electron chi connectivity index (χ4n) is 3.83. The Morgan fingerprint density at radius 3 is 2.83 bits per heavy atom. The second-order valence-electron chi connectivity index (χ2n) is 7.59. The van der Waals surface area contributed by atoms with Crippen molar-refractivity contribution in [3.8, 4) is 11.4 Å². The van der Waals surface area contributed by atoms with Crippen LogP contribution in [0.4, 0.5) is 0 Å². The number of carbonyl (C=O) groups is 1. The SMILES string of the molecule is Cc1cc(OCC2CCCN(C(=O)c3cnn(-c4ccccc4)c3C)C2)ccn1. The molecule has 1 unspecified atom stereocenters. The molecular weight excluding hydrogens is 364 g/mol. The lowest BCUT2D eigenvalue weighted by atomic mass is 9.98. The molecule has 6 nitrogen and oxygen atoms in total. The number of hydrogen-bond donors (Lipinski definition) is 0. The summed E-state index contributed by atoms with van der Waals surface area (Å²) in [4.78, 5) is 19.3. The molecule has 1 aliphatic rings. The molecule has 1 atom stereocenters. The molecule has 1 fully saturated rings. The van der Waals surface area contributed by atoms with E-state index in [0.29, 0.717) is 24.6 Å². The average molecular weight is 390 g/mol. The van der Waals surface area contributed by atoms with Crippen LogP contribution in [0.5, 0.6) is 5.75 Å². The Morgan fingerprint density at radius 2 is 2.03 bits per heavy atom. The molecular formula is C23H26N4O2. The number of benzene rings is 1. The molecule has 1 amide bonds. The first-order valence-electron chi connectivity index (χ1n) is 10.1. The predicted molar refractivity (Wildman–Crippen MR) is 111 cm³/mol. The van der Waals surface area contributed by atoms with Crippen molar-refractivity contribution >= 4 is 5.91 Å². The van der Waals surface area contributed by atoms with Crippen molar-refractivity contribution in [1.29, 1.82) is 0 Å². The van der Waals surface area contributed by atoms with Crippen LogP contribution in [0.3, 0.4) is 0 Å². The first kappa shape index (κ1) is 19.2. The van der Waals surface area contributed by atoms with Crippen molar-refractivity contribution in [3.05, 3.63) is 71.8 Å². The normalized spacial score (nSPS) is 16.6. The third kappa shape index (κ3) is 4.31. The van der Waals surface area contributed by atoms with Gasteiger partial charge in [0.05, 0.1) is 29.7 Å². The highest BCUT2D eigenvalue weighted by Gasteiger charge is 2.27. The average Bonchev–Trinajstić information content (AvgIpc) is 3.14. The van der Waals surface area contributed by atoms with E-state index in [1.807, 2.05) is 65.9 Å². The zero-order valence-corrected chi connectivity index (χ0v) is 16.9. The molecule has 0 bridgehead atoms. The van der Waals surface area contributed by atoms with Crippen LogP contribution in [0, 0.1) is 19.8 Å². The van der Waals surface area contributed by atoms with Gasteiger partial charge in [-0.2, -0.15) is 5.10 Å². The molecule has 150 valence electrons. The molecule has 29 heavy (non-hydrogen) atoms. The summed E-state index contributed by atoms with van der Waals surface area (Å²) in [5.41, 5.74) is 3.43. The summed E-state index contributed by atoms with van der Waals surface area (Å²) >= 11 is 0. The zero-order valence-electron chi connectivity index (χ0n) is 16.9. The summed E-state index contributed by atoms with van der Waals surface area (Å²) in [6.45, 7) is 5.99. The fraction of sp³-hybridized carbons (Fsp3) is 0.348. The van der Waals surface area contributed by atoms with E-state index in [1.165, 1.54) is 0 Å². The molecule has 0 aliphatic carbocycles. The van der Waals surface area contributed by atoms with Gasteiger partial charge in [0.25, 0.3) is 5.91 Å². The van der Waals surface area contributed by atoms with Crippen LogP contribution in [0.15, 0.2) is 54.9 Å². The minimum Gasteiger partial charge on any atom is -0.493 e. The Balaban J connectivity index is 1.42. The zero-order chi connectivity index (χ0) is 20.2. The third-order valence-electron chi connectivity index (χ3n) is 5.40. The van der Waals surface area contributed by atoms with Crippen LogP contribution in [-0.2, 0) is 0 Å². The molecule has 0 N–H and O–H groups in total. The minimum atomic E-state index is 0.0501. The lowest BCUT2D eigenvalue weighted by molar-refractivity contribution is 0.0632. The minimum absolute atomic E-state index is 0.0501. The number of rotatable bonds is 5. The highest BCUT2D eigenvalue weighted by Crippen LogP contribution is 2.22. The van der Waals surface area contributed by atoms with Crippen LogP contribution >= 0.6 is 0 Å². The van der Waals surface area contributed by atoms with Crippen molar-refractivity contribution in [3.63, 3.8) is 0 Å². The number of carbonyl (C=O) groups excluding carboxylic acids is 1. The smallest absolute Gasteiger partial charge is 0.257 e. The van der Waals surface area contributed by atoms with Crippen molar-refractivity contribution in [2.75, 3.05) is 19.7 Å². The molecule has 3 aromatic rings. The molecule has 1 saturated heterocycles. The van der Waals surface area contributed by atoms with Crippen LogP contribution in [-0.4, -0.2) is 45.3 Å². The number of likely N-dealkylation sites (tertiary alicyclic amines) is 1. The van der Waals surface area contributed by atoms with Crippen molar-refractivity contribution in [2.24, 2.45) is 5.92 Å². The molecule has 3 heterocycles. The molecule has 1 aliphatic heterocycles. The van der Waals surface area contributed by atoms with Gasteiger partial charge in [-0.1, -0.05) is 18.2 Å². The quantitative estimate of drug-likeness (QED) is 0.665. The third-order valence-corrected chi connectivity index (χ3v) is 5.40. The molecule has 6 heteroatoms. The lowest BCUT2D eigenvalue weighted by Gasteiger charge is -2.32. The van der Waals surface area contributed by atoms with Crippen molar-refractivity contribution in [2.45, 2.75) is 26.7 Å². The Kier molecular flexibility index (Phi) is 5.60. The topological polar surface area (TPSA) is 60.2 Å². The number of pyridine rings is 1. The monoisotopic (exact) mass is 390 g/mol. The van der Waals surface area contributed by atoms with Gasteiger partial charge in [0.2, 0.25) is 0 Å². The second-order valence-corrected chi connectivity index (χ2v) is 7.59. The van der Waals surface area contributed by atoms with Crippen molar-refractivity contribution < 1.29 is 9.53 Å². The Labute approximate surface area is 171 Å². The fourth-order valence-corrected chi connectivity index (χ4v) is 3.83. The van der Waals surface area contributed by atoms with E-state index in [-0.39, 0.29) is 5.91 Å². The van der Waals surface area contributed by atoms with Gasteiger partial charge in [-0.15, -0.1) is 0 Å². The Morgan fingerprint density at radius 1 is 1.21 bits per heavy atom. The Bertz CT molecular complexity index is 984. The second kappa shape index (κ2) is 8.47. The van der Waals surface area contributed by atoms with E-state index < -0.39 is 0 Å². The first-order chi connectivity index (χ1) is 14.1. The maximum Gasteiger partial charge on any atom is 0.257 e. The molecule has 2 aromatic heterocycles.